The molecule has 6 nitrogen and oxygen atoms in total. The normalized spacial score (nSPS) is 16.9. The lowest BCUT2D eigenvalue weighted by atomic mass is 9.96. The predicted octanol–water partition coefficient (Wildman–Crippen LogP) is 6.12. The Morgan fingerprint density at radius 2 is 1.84 bits per heavy atom. The second kappa shape index (κ2) is 9.90. The van der Waals surface area contributed by atoms with Crippen LogP contribution in [0.1, 0.15) is 52.7 Å². The van der Waals surface area contributed by atoms with E-state index in [0.29, 0.717) is 17.3 Å². The highest BCUT2D eigenvalue weighted by Crippen LogP contribution is 2.38. The molecule has 188 valence electrons. The Balaban J connectivity index is 1.61. The van der Waals surface area contributed by atoms with E-state index in [4.69, 9.17) is 23.8 Å². The lowest BCUT2D eigenvalue weighted by Crippen LogP contribution is -2.56. The third-order valence-electron chi connectivity index (χ3n) is 6.97. The first kappa shape index (κ1) is 25.4. The van der Waals surface area contributed by atoms with Crippen LogP contribution in [-0.2, 0) is 22.4 Å². The summed E-state index contributed by atoms with van der Waals surface area (Å²) in [5.41, 5.74) is 5.06. The molecular formula is C28H25ClN4O2S2. The van der Waals surface area contributed by atoms with Gasteiger partial charge in [0.15, 0.2) is 5.11 Å². The van der Waals surface area contributed by atoms with E-state index in [1.165, 1.54) is 20.2 Å². The van der Waals surface area contributed by atoms with Crippen LogP contribution in [0, 0.1) is 25.2 Å². The van der Waals surface area contributed by atoms with Gasteiger partial charge in [0, 0.05) is 27.8 Å². The largest absolute Gasteiger partial charge is 0.308 e. The van der Waals surface area contributed by atoms with Crippen LogP contribution in [0.25, 0.3) is 11.1 Å². The van der Waals surface area contributed by atoms with Gasteiger partial charge in [-0.15, -0.1) is 11.3 Å². The zero-order valence-corrected chi connectivity index (χ0v) is 23.2. The maximum Gasteiger partial charge on any atom is 0.270 e. The summed E-state index contributed by atoms with van der Waals surface area (Å²) in [5.74, 6) is -0.895. The first-order valence-corrected chi connectivity index (χ1v) is 13.8. The minimum Gasteiger partial charge on any atom is -0.308 e. The molecule has 2 amide bonds. The van der Waals surface area contributed by atoms with Gasteiger partial charge in [0.25, 0.3) is 11.8 Å². The van der Waals surface area contributed by atoms with Crippen molar-refractivity contribution < 1.29 is 9.59 Å². The van der Waals surface area contributed by atoms with Crippen LogP contribution >= 0.6 is 35.2 Å². The topological polar surface area (TPSA) is 69.3 Å². The third kappa shape index (κ3) is 4.21. The molecule has 37 heavy (non-hydrogen) atoms. The fourth-order valence-corrected chi connectivity index (χ4v) is 7.07. The Kier molecular flexibility index (Phi) is 6.80. The molecule has 3 heterocycles. The maximum atomic E-state index is 13.6. The summed E-state index contributed by atoms with van der Waals surface area (Å²) < 4.78 is 2.07. The Labute approximate surface area is 230 Å². The number of amides is 2. The van der Waals surface area contributed by atoms with Crippen molar-refractivity contribution in [3.63, 3.8) is 0 Å². The number of hydrogen-bond acceptors (Lipinski definition) is 5. The smallest absolute Gasteiger partial charge is 0.270 e. The number of benzene rings is 1. The lowest BCUT2D eigenvalue weighted by Gasteiger charge is -2.36. The molecule has 1 saturated heterocycles. The van der Waals surface area contributed by atoms with E-state index in [9.17, 15) is 14.9 Å². The van der Waals surface area contributed by atoms with E-state index < -0.39 is 11.8 Å². The molecule has 0 bridgehead atoms. The van der Waals surface area contributed by atoms with Crippen molar-refractivity contribution in [1.29, 1.82) is 5.26 Å². The Hall–Kier alpha value is -3.25. The molecule has 0 radical (unpaired) electrons. The summed E-state index contributed by atoms with van der Waals surface area (Å²) in [4.78, 5) is 31.1. The molecule has 0 atom stereocenters. The van der Waals surface area contributed by atoms with Gasteiger partial charge >= 0.3 is 0 Å². The summed E-state index contributed by atoms with van der Waals surface area (Å²) in [7, 11) is 0. The number of nitriles is 1. The van der Waals surface area contributed by atoms with Gasteiger partial charge in [-0.2, -0.15) is 5.26 Å². The summed E-state index contributed by atoms with van der Waals surface area (Å²) in [6, 6.07) is 11.2. The zero-order valence-electron chi connectivity index (χ0n) is 20.8. The Morgan fingerprint density at radius 1 is 1.14 bits per heavy atom. The monoisotopic (exact) mass is 548 g/mol. The highest BCUT2D eigenvalue weighted by atomic mass is 35.5. The van der Waals surface area contributed by atoms with Gasteiger partial charge in [-0.25, -0.2) is 0 Å². The van der Waals surface area contributed by atoms with Crippen molar-refractivity contribution in [3.8, 4) is 11.1 Å². The van der Waals surface area contributed by atoms with E-state index in [1.807, 2.05) is 26.8 Å². The molecule has 0 spiro atoms. The molecule has 0 unspecified atom stereocenters. The van der Waals surface area contributed by atoms with Crippen LogP contribution in [0.3, 0.4) is 0 Å². The fraction of sp³-hybridized carbons (Fsp3) is 0.286. The molecule has 0 N–H and O–H groups in total. The quantitative estimate of drug-likeness (QED) is 0.224. The molecule has 9 heteroatoms. The SMILES string of the molecule is CCN1C(=O)/C(=C/c2cc(C)n(-c3sc4c(c3C#N)CCCC4)c2C)C(=O)N(c2ccc(Cl)cc2)C1=S. The number of nitrogens with zero attached hydrogens (tertiary/aromatic N) is 4. The molecule has 5 rings (SSSR count). The molecule has 1 aliphatic carbocycles. The third-order valence-corrected chi connectivity index (χ3v) is 8.90. The van der Waals surface area contributed by atoms with Crippen LogP contribution in [0.4, 0.5) is 5.69 Å². The molecule has 1 fully saturated rings. The van der Waals surface area contributed by atoms with Gasteiger partial charge in [-0.3, -0.25) is 19.4 Å². The van der Waals surface area contributed by atoms with Crippen LogP contribution in [0.15, 0.2) is 35.9 Å². The van der Waals surface area contributed by atoms with Crippen LogP contribution in [0.2, 0.25) is 5.02 Å². The van der Waals surface area contributed by atoms with E-state index >= 15 is 0 Å². The molecule has 2 aliphatic rings. The predicted molar refractivity (Wildman–Crippen MR) is 151 cm³/mol. The first-order chi connectivity index (χ1) is 17.8. The van der Waals surface area contributed by atoms with Gasteiger partial charge in [0.05, 0.1) is 11.3 Å². The number of halogens is 1. The number of aromatic nitrogens is 1. The summed E-state index contributed by atoms with van der Waals surface area (Å²) in [5, 5.41) is 11.6. The van der Waals surface area contributed by atoms with Crippen molar-refractivity contribution in [2.75, 3.05) is 11.4 Å². The summed E-state index contributed by atoms with van der Waals surface area (Å²) >= 11 is 13.3. The number of hydrogen-bond donors (Lipinski definition) is 0. The second-order valence-electron chi connectivity index (χ2n) is 9.17. The van der Waals surface area contributed by atoms with Gasteiger partial charge in [-0.05, 0) is 106 Å². The van der Waals surface area contributed by atoms with Gasteiger partial charge in [0.1, 0.15) is 16.6 Å². The van der Waals surface area contributed by atoms with Crippen LogP contribution in [-0.4, -0.2) is 32.9 Å². The molecule has 2 aromatic heterocycles. The molecule has 1 aliphatic heterocycles. The zero-order chi connectivity index (χ0) is 26.4. The van der Waals surface area contributed by atoms with Crippen LogP contribution in [0.5, 0.6) is 0 Å². The average molecular weight is 549 g/mol. The molecule has 1 aromatic carbocycles. The number of thiocarbonyl (C=S) groups is 1. The van der Waals surface area contributed by atoms with Crippen molar-refractivity contribution in [3.05, 3.63) is 73.9 Å². The van der Waals surface area contributed by atoms with E-state index in [2.05, 4.69) is 10.6 Å². The number of carbonyl (C=O) groups excluding carboxylic acids is 2. The number of thiophene rings is 1. The minimum atomic E-state index is -0.476. The van der Waals surface area contributed by atoms with Gasteiger partial charge in [0.2, 0.25) is 0 Å². The number of aryl methyl sites for hydroxylation is 2. The van der Waals surface area contributed by atoms with E-state index in [-0.39, 0.29) is 10.7 Å². The number of carbonyl (C=O) groups is 2. The minimum absolute atomic E-state index is 0.0385. The summed E-state index contributed by atoms with van der Waals surface area (Å²) in [6.45, 7) is 6.09. The van der Waals surface area contributed by atoms with E-state index in [0.717, 1.165) is 53.2 Å². The molecular weight excluding hydrogens is 524 g/mol. The van der Waals surface area contributed by atoms with Crippen LogP contribution < -0.4 is 4.90 Å². The van der Waals surface area contributed by atoms with Crippen molar-refractivity contribution in [1.82, 2.24) is 9.47 Å². The number of anilines is 1. The highest BCUT2D eigenvalue weighted by molar-refractivity contribution is 7.80. The Bertz CT molecular complexity index is 1520. The first-order valence-electron chi connectivity index (χ1n) is 12.2. The summed E-state index contributed by atoms with van der Waals surface area (Å²) in [6.07, 6.45) is 5.82. The average Bonchev–Trinajstić information content (AvgIpc) is 3.38. The highest BCUT2D eigenvalue weighted by Gasteiger charge is 2.39. The lowest BCUT2D eigenvalue weighted by molar-refractivity contribution is -0.127. The second-order valence-corrected chi connectivity index (χ2v) is 11.1. The molecule has 3 aromatic rings. The van der Waals surface area contributed by atoms with Gasteiger partial charge in [-0.1, -0.05) is 11.6 Å². The van der Waals surface area contributed by atoms with E-state index in [1.54, 1.807) is 41.7 Å². The van der Waals surface area contributed by atoms with Crippen molar-refractivity contribution in [2.24, 2.45) is 0 Å². The number of rotatable bonds is 4. The number of likely N-dealkylation sites (N-methyl/N-ethyl adjacent to an activating group) is 1. The number of fused-ring (bicyclic) bond motifs is 1. The Morgan fingerprint density at radius 3 is 2.51 bits per heavy atom. The van der Waals surface area contributed by atoms with Crippen molar-refractivity contribution >= 4 is 63.8 Å². The fourth-order valence-electron chi connectivity index (χ4n) is 5.10. The standard InChI is InChI=1S/C28H25ClN4O2S2/c1-4-31-25(34)22(26(35)33(28(31)36)20-11-9-19(29)10-12-20)14-18-13-16(2)32(17(18)3)27-23(15-30)21-7-5-6-8-24(21)37-27/h9-14H,4-8H2,1-3H3/b22-14-. The van der Waals surface area contributed by atoms with Crippen molar-refractivity contribution in [2.45, 2.75) is 46.5 Å². The maximum absolute atomic E-state index is 13.6. The van der Waals surface area contributed by atoms with Gasteiger partial charge < -0.3 is 4.57 Å². The molecule has 0 saturated carbocycles.